The summed E-state index contributed by atoms with van der Waals surface area (Å²) in [6.45, 7) is 5.65. The van der Waals surface area contributed by atoms with E-state index < -0.39 is 6.04 Å². The molecule has 0 aliphatic rings. The molecule has 0 aliphatic carbocycles. The van der Waals surface area contributed by atoms with Crippen molar-refractivity contribution >= 4 is 34.1 Å². The minimum atomic E-state index is -0.690. The summed E-state index contributed by atoms with van der Waals surface area (Å²) in [4.78, 5) is 26.0. The van der Waals surface area contributed by atoms with Crippen LogP contribution < -0.4 is 15.6 Å². The molecule has 0 radical (unpaired) electrons. The number of nitrogens with one attached hydrogen (secondary N) is 1. The van der Waals surface area contributed by atoms with E-state index in [2.05, 4.69) is 5.32 Å². The molecule has 3 aromatic rings. The molecule has 6 heteroatoms. The number of rotatable bonds is 5. The van der Waals surface area contributed by atoms with Crippen LogP contribution in [0.2, 0.25) is 5.02 Å². The Kier molecular flexibility index (Phi) is 5.75. The van der Waals surface area contributed by atoms with E-state index in [1.54, 1.807) is 31.4 Å². The topological polar surface area (TPSA) is 60.3 Å². The molecule has 1 unspecified atom stereocenters. The Bertz CT molecular complexity index is 1100. The maximum Gasteiger partial charge on any atom is 0.252 e. The van der Waals surface area contributed by atoms with E-state index in [0.717, 1.165) is 16.5 Å². The van der Waals surface area contributed by atoms with Crippen LogP contribution in [0.3, 0.4) is 0 Å². The highest BCUT2D eigenvalue weighted by molar-refractivity contribution is 6.31. The number of benzene rings is 2. The average Bonchev–Trinajstić information content (AvgIpc) is 2.67. The molecular formula is C22H23ClN2O3. The smallest absolute Gasteiger partial charge is 0.252 e. The molecule has 1 amide bonds. The van der Waals surface area contributed by atoms with Crippen molar-refractivity contribution in [1.82, 2.24) is 4.57 Å². The zero-order valence-corrected chi connectivity index (χ0v) is 17.1. The van der Waals surface area contributed by atoms with E-state index in [-0.39, 0.29) is 11.5 Å². The van der Waals surface area contributed by atoms with Gasteiger partial charge in [-0.15, -0.1) is 0 Å². The van der Waals surface area contributed by atoms with Crippen molar-refractivity contribution in [2.45, 2.75) is 33.2 Å². The maximum atomic E-state index is 13.1. The molecule has 5 nitrogen and oxygen atoms in total. The number of halogens is 1. The van der Waals surface area contributed by atoms with Gasteiger partial charge in [0.25, 0.3) is 5.56 Å². The summed E-state index contributed by atoms with van der Waals surface area (Å²) >= 11 is 6.07. The molecule has 0 saturated heterocycles. The second-order valence-corrected chi connectivity index (χ2v) is 7.20. The van der Waals surface area contributed by atoms with E-state index in [0.29, 0.717) is 28.4 Å². The van der Waals surface area contributed by atoms with Crippen LogP contribution >= 0.6 is 11.6 Å². The van der Waals surface area contributed by atoms with Gasteiger partial charge >= 0.3 is 0 Å². The Hall–Kier alpha value is -2.79. The standard InChI is InChI=1S/C22H23ClN2O3/c1-5-18(22(27)24-17-12-15(23)10-9-13(17)2)25-20(26)11-14(3)16-7-6-8-19(28-4)21(16)25/h6-12,18H,5H2,1-4H3,(H,24,27). The fourth-order valence-corrected chi connectivity index (χ4v) is 3.61. The first-order valence-corrected chi connectivity index (χ1v) is 9.51. The van der Waals surface area contributed by atoms with Crippen LogP contribution in [-0.2, 0) is 4.79 Å². The van der Waals surface area contributed by atoms with Crippen LogP contribution in [0.25, 0.3) is 10.9 Å². The van der Waals surface area contributed by atoms with Gasteiger partial charge in [-0.2, -0.15) is 0 Å². The second kappa shape index (κ2) is 8.07. The van der Waals surface area contributed by atoms with Crippen molar-refractivity contribution in [3.8, 4) is 5.75 Å². The predicted molar refractivity (Wildman–Crippen MR) is 114 cm³/mol. The zero-order valence-electron chi connectivity index (χ0n) is 16.4. The summed E-state index contributed by atoms with van der Waals surface area (Å²) in [5, 5.41) is 4.34. The summed E-state index contributed by atoms with van der Waals surface area (Å²) < 4.78 is 7.02. The molecule has 1 heterocycles. The lowest BCUT2D eigenvalue weighted by molar-refractivity contribution is -0.119. The summed E-state index contributed by atoms with van der Waals surface area (Å²) in [6, 6.07) is 11.8. The molecule has 1 aromatic heterocycles. The van der Waals surface area contributed by atoms with E-state index in [9.17, 15) is 9.59 Å². The average molecular weight is 399 g/mol. The van der Waals surface area contributed by atoms with Crippen molar-refractivity contribution < 1.29 is 9.53 Å². The Morgan fingerprint density at radius 1 is 1.18 bits per heavy atom. The van der Waals surface area contributed by atoms with E-state index >= 15 is 0 Å². The number of ether oxygens (including phenoxy) is 1. The first kappa shape index (κ1) is 20.0. The summed E-state index contributed by atoms with van der Waals surface area (Å²) in [5.41, 5.74) is 2.76. The van der Waals surface area contributed by atoms with Gasteiger partial charge in [0.2, 0.25) is 5.91 Å². The van der Waals surface area contributed by atoms with Crippen molar-refractivity contribution in [2.75, 3.05) is 12.4 Å². The molecule has 0 spiro atoms. The largest absolute Gasteiger partial charge is 0.495 e. The van der Waals surface area contributed by atoms with Crippen molar-refractivity contribution in [1.29, 1.82) is 0 Å². The Labute approximate surface area is 168 Å². The van der Waals surface area contributed by atoms with Gasteiger partial charge < -0.3 is 10.1 Å². The molecule has 146 valence electrons. The third kappa shape index (κ3) is 3.62. The Morgan fingerprint density at radius 2 is 1.93 bits per heavy atom. The number of anilines is 1. The number of hydrogen-bond donors (Lipinski definition) is 1. The molecule has 0 saturated carbocycles. The van der Waals surface area contributed by atoms with Gasteiger partial charge in [-0.25, -0.2) is 0 Å². The van der Waals surface area contributed by atoms with Gasteiger partial charge in [-0.1, -0.05) is 36.7 Å². The summed E-state index contributed by atoms with van der Waals surface area (Å²) in [6.07, 6.45) is 0.446. The predicted octanol–water partition coefficient (Wildman–Crippen LogP) is 4.87. The molecule has 3 rings (SSSR count). The van der Waals surface area contributed by atoms with Gasteiger partial charge in [-0.05, 0) is 49.6 Å². The number of hydrogen-bond acceptors (Lipinski definition) is 3. The third-order valence-electron chi connectivity index (χ3n) is 4.92. The zero-order chi connectivity index (χ0) is 20.4. The monoisotopic (exact) mass is 398 g/mol. The number of methoxy groups -OCH3 is 1. The van der Waals surface area contributed by atoms with Crippen LogP contribution in [0, 0.1) is 13.8 Å². The minimum absolute atomic E-state index is 0.237. The lowest BCUT2D eigenvalue weighted by Gasteiger charge is -2.22. The maximum absolute atomic E-state index is 13.1. The quantitative estimate of drug-likeness (QED) is 0.666. The number of fused-ring (bicyclic) bond motifs is 1. The molecular weight excluding hydrogens is 376 g/mol. The van der Waals surface area contributed by atoms with Crippen molar-refractivity contribution in [2.24, 2.45) is 0 Å². The fourth-order valence-electron chi connectivity index (χ4n) is 3.44. The number of nitrogens with zero attached hydrogens (tertiary/aromatic N) is 1. The third-order valence-corrected chi connectivity index (χ3v) is 5.16. The second-order valence-electron chi connectivity index (χ2n) is 6.76. The summed E-state index contributed by atoms with van der Waals surface area (Å²) in [5.74, 6) is 0.287. The molecule has 0 bridgehead atoms. The highest BCUT2D eigenvalue weighted by Crippen LogP contribution is 2.30. The molecule has 0 aliphatic heterocycles. The van der Waals surface area contributed by atoms with Gasteiger partial charge in [0.05, 0.1) is 12.6 Å². The van der Waals surface area contributed by atoms with Crippen molar-refractivity contribution in [3.63, 3.8) is 0 Å². The lowest BCUT2D eigenvalue weighted by Crippen LogP contribution is -2.33. The first-order chi connectivity index (χ1) is 13.4. The van der Waals surface area contributed by atoms with Crippen molar-refractivity contribution in [3.05, 3.63) is 69.0 Å². The molecule has 1 atom stereocenters. The van der Waals surface area contributed by atoms with Crippen LogP contribution in [0.5, 0.6) is 5.75 Å². The molecule has 28 heavy (non-hydrogen) atoms. The van der Waals surface area contributed by atoms with Crippen LogP contribution in [-0.4, -0.2) is 17.6 Å². The number of carbonyl (C=O) groups excluding carboxylic acids is 1. The van der Waals surface area contributed by atoms with Gasteiger partial charge in [-0.3, -0.25) is 14.2 Å². The molecule has 2 aromatic carbocycles. The summed E-state index contributed by atoms with van der Waals surface area (Å²) in [7, 11) is 1.56. The Morgan fingerprint density at radius 3 is 2.61 bits per heavy atom. The van der Waals surface area contributed by atoms with Gasteiger partial charge in [0, 0.05) is 22.2 Å². The molecule has 1 N–H and O–H groups in total. The van der Waals surface area contributed by atoms with Crippen LogP contribution in [0.1, 0.15) is 30.5 Å². The number of amides is 1. The number of pyridine rings is 1. The van der Waals surface area contributed by atoms with E-state index in [1.807, 2.05) is 39.0 Å². The Balaban J connectivity index is 2.15. The first-order valence-electron chi connectivity index (χ1n) is 9.13. The van der Waals surface area contributed by atoms with Gasteiger partial charge in [0.1, 0.15) is 11.8 Å². The van der Waals surface area contributed by atoms with Crippen LogP contribution in [0.15, 0.2) is 47.3 Å². The highest BCUT2D eigenvalue weighted by Gasteiger charge is 2.24. The number of para-hydroxylation sites is 1. The number of aromatic nitrogens is 1. The SMILES string of the molecule is CCC(C(=O)Nc1cc(Cl)ccc1C)n1c(=O)cc(C)c2cccc(OC)c21. The van der Waals surface area contributed by atoms with E-state index in [1.165, 1.54) is 4.57 Å². The number of aryl methyl sites for hydroxylation is 2. The fraction of sp³-hybridized carbons (Fsp3) is 0.273. The number of carbonyl (C=O) groups is 1. The minimum Gasteiger partial charge on any atom is -0.495 e. The van der Waals surface area contributed by atoms with Gasteiger partial charge in [0.15, 0.2) is 0 Å². The van der Waals surface area contributed by atoms with Crippen LogP contribution in [0.4, 0.5) is 5.69 Å². The molecule has 0 fully saturated rings. The van der Waals surface area contributed by atoms with E-state index in [4.69, 9.17) is 16.3 Å². The normalized spacial score (nSPS) is 12.0. The highest BCUT2D eigenvalue weighted by atomic mass is 35.5. The lowest BCUT2D eigenvalue weighted by atomic mass is 10.1.